The molecule has 1 nitrogen and oxygen atoms in total. The van der Waals surface area contributed by atoms with Gasteiger partial charge in [0.1, 0.15) is 11.6 Å². The zero-order valence-corrected chi connectivity index (χ0v) is 14.0. The minimum absolute atomic E-state index is 0.229. The van der Waals surface area contributed by atoms with E-state index < -0.39 is 11.6 Å². The van der Waals surface area contributed by atoms with Gasteiger partial charge in [0.15, 0.2) is 0 Å². The Bertz CT molecular complexity index is 437. The molecule has 0 bridgehead atoms. The summed E-state index contributed by atoms with van der Waals surface area (Å²) >= 11 is 0. The molecule has 0 saturated carbocycles. The summed E-state index contributed by atoms with van der Waals surface area (Å²) < 4.78 is 26.8. The third-order valence-corrected chi connectivity index (χ3v) is 3.62. The van der Waals surface area contributed by atoms with Gasteiger partial charge in [-0.2, -0.15) is 0 Å². The summed E-state index contributed by atoms with van der Waals surface area (Å²) in [5.41, 5.74) is 0.891. The van der Waals surface area contributed by atoms with Gasteiger partial charge in [-0.05, 0) is 48.8 Å². The van der Waals surface area contributed by atoms with E-state index in [0.29, 0.717) is 23.3 Å². The van der Waals surface area contributed by atoms with Crippen molar-refractivity contribution in [2.75, 3.05) is 6.54 Å². The van der Waals surface area contributed by atoms with E-state index in [1.165, 1.54) is 6.07 Å². The molecule has 2 atom stereocenters. The smallest absolute Gasteiger partial charge is 0.129 e. The molecule has 0 heterocycles. The summed E-state index contributed by atoms with van der Waals surface area (Å²) in [7, 11) is 0. The average Bonchev–Trinajstić information content (AvgIpc) is 2.30. The van der Waals surface area contributed by atoms with Gasteiger partial charge >= 0.3 is 0 Å². The van der Waals surface area contributed by atoms with Gasteiger partial charge in [0.2, 0.25) is 0 Å². The van der Waals surface area contributed by atoms with Crippen LogP contribution in [0.4, 0.5) is 8.78 Å². The van der Waals surface area contributed by atoms with Crippen LogP contribution < -0.4 is 5.32 Å². The Labute approximate surface area is 128 Å². The maximum Gasteiger partial charge on any atom is 0.129 e. The molecule has 0 spiro atoms. The zero-order chi connectivity index (χ0) is 16.0. The van der Waals surface area contributed by atoms with E-state index in [9.17, 15) is 8.78 Å². The monoisotopic (exact) mass is 297 g/mol. The van der Waals surface area contributed by atoms with Crippen molar-refractivity contribution in [3.63, 3.8) is 0 Å². The van der Waals surface area contributed by atoms with Crippen LogP contribution in [0.2, 0.25) is 0 Å². The minimum Gasteiger partial charge on any atom is -0.314 e. The number of hydrogen-bond acceptors (Lipinski definition) is 1. The fourth-order valence-corrected chi connectivity index (χ4v) is 3.09. The number of halogens is 2. The third-order valence-electron chi connectivity index (χ3n) is 3.62. The van der Waals surface area contributed by atoms with Gasteiger partial charge in [-0.25, -0.2) is 8.78 Å². The first-order valence-electron chi connectivity index (χ1n) is 7.88. The van der Waals surface area contributed by atoms with E-state index in [1.54, 1.807) is 6.07 Å². The number of hydrogen-bond donors (Lipinski definition) is 1. The summed E-state index contributed by atoms with van der Waals surface area (Å²) in [4.78, 5) is 0. The van der Waals surface area contributed by atoms with E-state index in [0.717, 1.165) is 25.5 Å². The highest BCUT2D eigenvalue weighted by Gasteiger charge is 2.20. The van der Waals surface area contributed by atoms with Crippen LogP contribution in [0.1, 0.15) is 53.0 Å². The maximum atomic E-state index is 13.8. The van der Waals surface area contributed by atoms with Crippen molar-refractivity contribution in [1.29, 1.82) is 0 Å². The number of nitrogens with one attached hydrogen (secondary N) is 1. The molecule has 1 aromatic carbocycles. The molecule has 1 N–H and O–H groups in total. The van der Waals surface area contributed by atoms with E-state index in [4.69, 9.17) is 0 Å². The van der Waals surface area contributed by atoms with Gasteiger partial charge in [-0.15, -0.1) is 0 Å². The van der Waals surface area contributed by atoms with Crippen LogP contribution in [-0.4, -0.2) is 12.6 Å². The SMILES string of the molecule is CCNC(Cc1ccc(F)cc1F)CC(C)CC(C)(C)C. The molecule has 0 aliphatic carbocycles. The van der Waals surface area contributed by atoms with Crippen LogP contribution in [0.3, 0.4) is 0 Å². The lowest BCUT2D eigenvalue weighted by molar-refractivity contribution is 0.274. The van der Waals surface area contributed by atoms with Crippen LogP contribution in [0.25, 0.3) is 0 Å². The van der Waals surface area contributed by atoms with Crippen LogP contribution in [0.15, 0.2) is 18.2 Å². The van der Waals surface area contributed by atoms with E-state index in [-0.39, 0.29) is 6.04 Å². The molecule has 2 unspecified atom stereocenters. The third kappa shape index (κ3) is 7.03. The van der Waals surface area contributed by atoms with Gasteiger partial charge < -0.3 is 5.32 Å². The van der Waals surface area contributed by atoms with Crippen molar-refractivity contribution in [2.45, 2.75) is 59.9 Å². The average molecular weight is 297 g/mol. The van der Waals surface area contributed by atoms with Crippen molar-refractivity contribution in [1.82, 2.24) is 5.32 Å². The molecular formula is C18H29F2N. The highest BCUT2D eigenvalue weighted by Crippen LogP contribution is 2.27. The molecule has 3 heteroatoms. The lowest BCUT2D eigenvalue weighted by atomic mass is 9.82. The Hall–Kier alpha value is -0.960. The maximum absolute atomic E-state index is 13.8. The summed E-state index contributed by atoms with van der Waals surface area (Å²) in [5, 5.41) is 3.43. The van der Waals surface area contributed by atoms with Crippen molar-refractivity contribution in [3.8, 4) is 0 Å². The Morgan fingerprint density at radius 3 is 2.38 bits per heavy atom. The summed E-state index contributed by atoms with van der Waals surface area (Å²) in [5.74, 6) is -0.392. The van der Waals surface area contributed by atoms with Gasteiger partial charge in [-0.1, -0.05) is 40.7 Å². The van der Waals surface area contributed by atoms with Crippen LogP contribution in [0.5, 0.6) is 0 Å². The number of rotatable bonds is 7. The van der Waals surface area contributed by atoms with Gasteiger partial charge in [0.05, 0.1) is 0 Å². The fraction of sp³-hybridized carbons (Fsp3) is 0.667. The molecule has 1 rings (SSSR count). The lowest BCUT2D eigenvalue weighted by Crippen LogP contribution is -2.33. The van der Waals surface area contributed by atoms with Crippen LogP contribution in [-0.2, 0) is 6.42 Å². The van der Waals surface area contributed by atoms with Crippen LogP contribution >= 0.6 is 0 Å². The molecular weight excluding hydrogens is 268 g/mol. The molecule has 1 aromatic rings. The topological polar surface area (TPSA) is 12.0 Å². The summed E-state index contributed by atoms with van der Waals surface area (Å²) in [6, 6.07) is 4.09. The summed E-state index contributed by atoms with van der Waals surface area (Å²) in [6.45, 7) is 11.9. The Morgan fingerprint density at radius 1 is 1.19 bits per heavy atom. The molecule has 0 saturated heterocycles. The minimum atomic E-state index is -0.516. The highest BCUT2D eigenvalue weighted by molar-refractivity contribution is 5.19. The molecule has 0 amide bonds. The number of benzene rings is 1. The molecule has 0 aliphatic heterocycles. The Morgan fingerprint density at radius 2 is 1.86 bits per heavy atom. The first-order valence-corrected chi connectivity index (χ1v) is 7.88. The van der Waals surface area contributed by atoms with Crippen molar-refractivity contribution in [3.05, 3.63) is 35.4 Å². The molecule has 0 radical (unpaired) electrons. The quantitative estimate of drug-likeness (QED) is 0.751. The molecule has 0 aliphatic rings. The Kier molecular flexibility index (Phi) is 6.79. The van der Waals surface area contributed by atoms with E-state index >= 15 is 0 Å². The van der Waals surface area contributed by atoms with Crippen molar-refractivity contribution >= 4 is 0 Å². The largest absolute Gasteiger partial charge is 0.314 e. The second kappa shape index (κ2) is 7.88. The highest BCUT2D eigenvalue weighted by atomic mass is 19.1. The lowest BCUT2D eigenvalue weighted by Gasteiger charge is -2.27. The molecule has 21 heavy (non-hydrogen) atoms. The van der Waals surface area contributed by atoms with Crippen molar-refractivity contribution < 1.29 is 8.78 Å². The first-order chi connectivity index (χ1) is 9.71. The Balaban J connectivity index is 2.68. The predicted octanol–water partition coefficient (Wildman–Crippen LogP) is 4.95. The van der Waals surface area contributed by atoms with Gasteiger partial charge in [0.25, 0.3) is 0 Å². The van der Waals surface area contributed by atoms with Gasteiger partial charge in [0, 0.05) is 12.1 Å². The normalized spacial score (nSPS) is 15.0. The van der Waals surface area contributed by atoms with Crippen LogP contribution in [0, 0.1) is 23.0 Å². The second-order valence-corrected chi connectivity index (χ2v) is 7.30. The molecule has 120 valence electrons. The fourth-order valence-electron chi connectivity index (χ4n) is 3.09. The van der Waals surface area contributed by atoms with E-state index in [1.807, 2.05) is 0 Å². The van der Waals surface area contributed by atoms with E-state index in [2.05, 4.69) is 39.9 Å². The van der Waals surface area contributed by atoms with Gasteiger partial charge in [-0.3, -0.25) is 0 Å². The molecule has 0 fully saturated rings. The predicted molar refractivity (Wildman–Crippen MR) is 85.4 cm³/mol. The van der Waals surface area contributed by atoms with Crippen molar-refractivity contribution in [2.24, 2.45) is 11.3 Å². The first kappa shape index (κ1) is 18.1. The standard InChI is InChI=1S/C18H29F2N/c1-6-21-16(9-13(2)12-18(3,4)5)10-14-7-8-15(19)11-17(14)20/h7-8,11,13,16,21H,6,9-10,12H2,1-5H3. The second-order valence-electron chi connectivity index (χ2n) is 7.30. The zero-order valence-electron chi connectivity index (χ0n) is 14.0. The number of likely N-dealkylation sites (N-methyl/N-ethyl adjacent to an activating group) is 1. The summed E-state index contributed by atoms with van der Waals surface area (Å²) in [6.07, 6.45) is 2.75. The molecule has 0 aromatic heterocycles.